The number of hydrogen-bond acceptors (Lipinski definition) is 2. The fraction of sp³-hybridized carbons (Fsp3) is 0.0952. The number of hydrogen-bond donors (Lipinski definition) is 1. The third-order valence-electron chi connectivity index (χ3n) is 3.82. The molecule has 0 aliphatic heterocycles. The first kappa shape index (κ1) is 16.4. The van der Waals surface area contributed by atoms with Crippen molar-refractivity contribution in [1.82, 2.24) is 0 Å². The molecule has 0 aliphatic rings. The van der Waals surface area contributed by atoms with Crippen molar-refractivity contribution in [2.24, 2.45) is 4.99 Å². The van der Waals surface area contributed by atoms with Crippen molar-refractivity contribution in [1.29, 1.82) is 0 Å². The van der Waals surface area contributed by atoms with E-state index in [1.165, 1.54) is 10.9 Å². The number of aromatic hydroxyl groups is 1. The van der Waals surface area contributed by atoms with Crippen molar-refractivity contribution in [2.45, 2.75) is 13.8 Å². The first-order chi connectivity index (χ1) is 11.6. The maximum absolute atomic E-state index is 10.3. The van der Waals surface area contributed by atoms with Crippen molar-refractivity contribution >= 4 is 31.1 Å². The van der Waals surface area contributed by atoms with Crippen LogP contribution in [-0.2, 0) is 0 Å². The van der Waals surface area contributed by atoms with Gasteiger partial charge in [-0.1, -0.05) is 62.7 Å². The molecule has 3 heteroatoms. The van der Waals surface area contributed by atoms with Crippen LogP contribution in [0.4, 0.5) is 5.69 Å². The second-order valence-corrected chi connectivity index (χ2v) is 7.11. The molecule has 1 unspecified atom stereocenters. The van der Waals surface area contributed by atoms with Crippen LogP contribution < -0.4 is 10.6 Å². The van der Waals surface area contributed by atoms with Gasteiger partial charge in [0.2, 0.25) is 0 Å². The molecule has 0 aromatic heterocycles. The fourth-order valence-corrected chi connectivity index (χ4v) is 3.70. The molecule has 3 aromatic rings. The summed E-state index contributed by atoms with van der Waals surface area (Å²) in [7, 11) is 0.393. The molecule has 0 amide bonds. The highest BCUT2D eigenvalue weighted by Gasteiger charge is 2.08. The minimum atomic E-state index is 0.391. The minimum absolute atomic E-state index is 0.391. The van der Waals surface area contributed by atoms with Gasteiger partial charge in [0.05, 0.1) is 5.69 Å². The van der Waals surface area contributed by atoms with Gasteiger partial charge in [-0.15, -0.1) is 0 Å². The van der Waals surface area contributed by atoms with Gasteiger partial charge in [-0.2, -0.15) is 0 Å². The van der Waals surface area contributed by atoms with Gasteiger partial charge in [0.25, 0.3) is 0 Å². The lowest BCUT2D eigenvalue weighted by Crippen LogP contribution is -2.10. The van der Waals surface area contributed by atoms with Crippen LogP contribution >= 0.6 is 8.58 Å². The molecule has 0 saturated heterocycles. The highest BCUT2D eigenvalue weighted by atomic mass is 31.1. The Balaban J connectivity index is 1.94. The van der Waals surface area contributed by atoms with Gasteiger partial charge in [-0.3, -0.25) is 4.99 Å². The largest absolute Gasteiger partial charge is 0.507 e. The lowest BCUT2D eigenvalue weighted by atomic mass is 10.1. The molecule has 0 fully saturated rings. The van der Waals surface area contributed by atoms with Gasteiger partial charge in [-0.25, -0.2) is 0 Å². The molecule has 0 saturated carbocycles. The third-order valence-corrected chi connectivity index (χ3v) is 5.22. The lowest BCUT2D eigenvalue weighted by Gasteiger charge is -2.10. The maximum Gasteiger partial charge on any atom is 0.126 e. The Bertz CT molecular complexity index is 872. The van der Waals surface area contributed by atoms with E-state index in [1.807, 2.05) is 61.7 Å². The molecular weight excluding hydrogens is 313 g/mol. The molecule has 0 aliphatic carbocycles. The SMILES string of the molecule is Cc1ccc(Pc2cccc(C)c2O)c(/C=N/c2ccccc2)c1. The average Bonchev–Trinajstić information content (AvgIpc) is 2.60. The zero-order valence-corrected chi connectivity index (χ0v) is 14.8. The van der Waals surface area contributed by atoms with Crippen LogP contribution in [0.1, 0.15) is 16.7 Å². The van der Waals surface area contributed by atoms with Gasteiger partial charge in [0.15, 0.2) is 0 Å². The average molecular weight is 333 g/mol. The highest BCUT2D eigenvalue weighted by Crippen LogP contribution is 2.23. The molecule has 24 heavy (non-hydrogen) atoms. The Labute approximate surface area is 144 Å². The number of para-hydroxylation sites is 2. The summed E-state index contributed by atoms with van der Waals surface area (Å²) >= 11 is 0. The Morgan fingerprint density at radius 1 is 0.875 bits per heavy atom. The maximum atomic E-state index is 10.3. The molecule has 0 spiro atoms. The molecule has 120 valence electrons. The molecule has 2 nitrogen and oxygen atoms in total. The molecule has 1 atom stereocenters. The number of phenols is 1. The van der Waals surface area contributed by atoms with E-state index in [0.717, 1.165) is 22.1 Å². The van der Waals surface area contributed by atoms with E-state index in [2.05, 4.69) is 30.1 Å². The van der Waals surface area contributed by atoms with Gasteiger partial charge in [0, 0.05) is 17.1 Å². The summed E-state index contributed by atoms with van der Waals surface area (Å²) in [5.74, 6) is 0.391. The van der Waals surface area contributed by atoms with Crippen LogP contribution in [0.25, 0.3) is 0 Å². The summed E-state index contributed by atoms with van der Waals surface area (Å²) in [6.45, 7) is 4.01. The van der Waals surface area contributed by atoms with Gasteiger partial charge < -0.3 is 5.11 Å². The summed E-state index contributed by atoms with van der Waals surface area (Å²) in [5, 5.41) is 12.4. The topological polar surface area (TPSA) is 32.6 Å². The molecular formula is C21H20NOP. The summed E-state index contributed by atoms with van der Waals surface area (Å²) in [6, 6.07) is 22.2. The van der Waals surface area contributed by atoms with Crippen molar-refractivity contribution in [3.8, 4) is 5.75 Å². The second-order valence-electron chi connectivity index (χ2n) is 5.78. The monoisotopic (exact) mass is 333 g/mol. The summed E-state index contributed by atoms with van der Waals surface area (Å²) in [5.41, 5.74) is 4.14. The molecule has 0 heterocycles. The van der Waals surface area contributed by atoms with E-state index in [9.17, 15) is 5.11 Å². The Morgan fingerprint density at radius 3 is 2.46 bits per heavy atom. The number of rotatable bonds is 4. The first-order valence-corrected chi connectivity index (χ1v) is 8.89. The number of nitrogens with zero attached hydrogens (tertiary/aromatic N) is 1. The minimum Gasteiger partial charge on any atom is -0.507 e. The number of phenolic OH excluding ortho intramolecular Hbond substituents is 1. The highest BCUT2D eigenvalue weighted by molar-refractivity contribution is 7.56. The summed E-state index contributed by atoms with van der Waals surface area (Å²) < 4.78 is 0. The van der Waals surface area contributed by atoms with E-state index in [4.69, 9.17) is 0 Å². The van der Waals surface area contributed by atoms with E-state index in [-0.39, 0.29) is 0 Å². The van der Waals surface area contributed by atoms with Crippen LogP contribution in [0.3, 0.4) is 0 Å². The van der Waals surface area contributed by atoms with E-state index >= 15 is 0 Å². The zero-order chi connectivity index (χ0) is 16.9. The standard InChI is InChI=1S/C21H20NOP/c1-15-11-12-19(24-20-10-6-7-16(2)21(20)23)17(13-15)14-22-18-8-4-3-5-9-18/h3-14,23-24H,1-2H3/b22-14+. The van der Waals surface area contributed by atoms with Gasteiger partial charge in [-0.05, 0) is 42.9 Å². The second kappa shape index (κ2) is 7.42. The van der Waals surface area contributed by atoms with Crippen LogP contribution in [0.15, 0.2) is 71.7 Å². The molecule has 0 radical (unpaired) electrons. The molecule has 3 rings (SSSR count). The normalized spacial score (nSPS) is 11.6. The Kier molecular flexibility index (Phi) is 5.08. The smallest absolute Gasteiger partial charge is 0.126 e. The van der Waals surface area contributed by atoms with Crippen LogP contribution in [0.5, 0.6) is 5.75 Å². The van der Waals surface area contributed by atoms with Gasteiger partial charge >= 0.3 is 0 Å². The number of aryl methyl sites for hydroxylation is 2. The Morgan fingerprint density at radius 2 is 1.67 bits per heavy atom. The van der Waals surface area contributed by atoms with Crippen molar-refractivity contribution < 1.29 is 5.11 Å². The number of benzene rings is 3. The van der Waals surface area contributed by atoms with Gasteiger partial charge in [0.1, 0.15) is 5.75 Å². The predicted molar refractivity (Wildman–Crippen MR) is 105 cm³/mol. The summed E-state index contributed by atoms with van der Waals surface area (Å²) in [6.07, 6.45) is 1.91. The quantitative estimate of drug-likeness (QED) is 0.557. The van der Waals surface area contributed by atoms with E-state index in [0.29, 0.717) is 14.3 Å². The predicted octanol–water partition coefficient (Wildman–Crippen LogP) is 4.39. The van der Waals surface area contributed by atoms with Crippen LogP contribution in [0, 0.1) is 13.8 Å². The Hall–Kier alpha value is -2.44. The molecule has 0 bridgehead atoms. The van der Waals surface area contributed by atoms with Crippen molar-refractivity contribution in [3.63, 3.8) is 0 Å². The lowest BCUT2D eigenvalue weighted by molar-refractivity contribution is 0.475. The van der Waals surface area contributed by atoms with Crippen LogP contribution in [0.2, 0.25) is 0 Å². The fourth-order valence-electron chi connectivity index (χ4n) is 2.47. The number of aliphatic imine (C=N–C) groups is 1. The van der Waals surface area contributed by atoms with E-state index < -0.39 is 0 Å². The summed E-state index contributed by atoms with van der Waals surface area (Å²) in [4.78, 5) is 4.58. The van der Waals surface area contributed by atoms with Crippen molar-refractivity contribution in [2.75, 3.05) is 0 Å². The third kappa shape index (κ3) is 3.90. The van der Waals surface area contributed by atoms with Crippen molar-refractivity contribution in [3.05, 3.63) is 83.4 Å². The molecule has 1 N–H and O–H groups in total. The molecule has 3 aromatic carbocycles. The van der Waals surface area contributed by atoms with E-state index in [1.54, 1.807) is 0 Å². The zero-order valence-electron chi connectivity index (χ0n) is 13.8. The first-order valence-electron chi connectivity index (χ1n) is 7.89. The van der Waals surface area contributed by atoms with Crippen LogP contribution in [-0.4, -0.2) is 11.3 Å².